The van der Waals surface area contributed by atoms with E-state index in [1.54, 1.807) is 0 Å². The highest BCUT2D eigenvalue weighted by Crippen LogP contribution is 2.26. The summed E-state index contributed by atoms with van der Waals surface area (Å²) in [4.78, 5) is 26.9. The van der Waals surface area contributed by atoms with Crippen molar-refractivity contribution in [3.63, 3.8) is 0 Å². The maximum atomic E-state index is 13.2. The van der Waals surface area contributed by atoms with Crippen molar-refractivity contribution >= 4 is 12.0 Å². The first-order valence-electron chi connectivity index (χ1n) is 15.3. The van der Waals surface area contributed by atoms with Gasteiger partial charge in [-0.2, -0.15) is 13.2 Å². The summed E-state index contributed by atoms with van der Waals surface area (Å²) in [5, 5.41) is 10.5. The van der Waals surface area contributed by atoms with Crippen LogP contribution in [0.2, 0.25) is 0 Å². The molecule has 2 amide bonds. The van der Waals surface area contributed by atoms with Crippen LogP contribution in [-0.2, 0) is 11.2 Å². The first kappa shape index (κ1) is 32.2. The van der Waals surface area contributed by atoms with Crippen molar-refractivity contribution in [2.45, 2.75) is 102 Å². The lowest BCUT2D eigenvalue weighted by Crippen LogP contribution is -2.48. The number of piperidine rings is 1. The van der Waals surface area contributed by atoms with E-state index in [0.717, 1.165) is 32.0 Å². The number of halogens is 3. The largest absolute Gasteiger partial charge is 0.490 e. The average molecular weight is 568 g/mol. The molecule has 1 aromatic rings. The van der Waals surface area contributed by atoms with Crippen LogP contribution in [0.25, 0.3) is 0 Å². The molecular weight excluding hydrogens is 519 g/mol. The Labute approximate surface area is 237 Å². The zero-order valence-corrected chi connectivity index (χ0v) is 23.8. The zero-order chi connectivity index (χ0) is 28.8. The Kier molecular flexibility index (Phi) is 13.6. The van der Waals surface area contributed by atoms with Gasteiger partial charge in [-0.25, -0.2) is 9.59 Å². The van der Waals surface area contributed by atoms with Gasteiger partial charge in [0.25, 0.3) is 0 Å². The molecule has 1 aliphatic heterocycles. The number of carbonyl (C=O) groups excluding carboxylic acids is 1. The molecule has 2 saturated carbocycles. The summed E-state index contributed by atoms with van der Waals surface area (Å²) in [6.07, 6.45) is 12.8. The number of rotatable bonds is 9. The lowest BCUT2D eigenvalue weighted by Gasteiger charge is -2.34. The second kappa shape index (κ2) is 16.8. The molecule has 3 fully saturated rings. The fourth-order valence-electron chi connectivity index (χ4n) is 6.32. The highest BCUT2D eigenvalue weighted by Gasteiger charge is 2.38. The third-order valence-electron chi connectivity index (χ3n) is 8.64. The predicted molar refractivity (Wildman–Crippen MR) is 151 cm³/mol. The van der Waals surface area contributed by atoms with Gasteiger partial charge < -0.3 is 20.2 Å². The second-order valence-electron chi connectivity index (χ2n) is 11.9. The van der Waals surface area contributed by atoms with Gasteiger partial charge in [0.05, 0.1) is 0 Å². The Morgan fingerprint density at radius 3 is 2.02 bits per heavy atom. The van der Waals surface area contributed by atoms with Crippen molar-refractivity contribution in [2.75, 3.05) is 32.7 Å². The highest BCUT2D eigenvalue weighted by molar-refractivity contribution is 5.74. The van der Waals surface area contributed by atoms with E-state index in [0.29, 0.717) is 12.0 Å². The Bertz CT molecular complexity index is 864. The van der Waals surface area contributed by atoms with Crippen LogP contribution in [-0.4, -0.2) is 71.8 Å². The van der Waals surface area contributed by atoms with E-state index in [4.69, 9.17) is 9.90 Å². The molecule has 6 nitrogen and oxygen atoms in total. The number of aliphatic carboxylic acids is 1. The van der Waals surface area contributed by atoms with E-state index >= 15 is 0 Å². The molecule has 4 rings (SSSR count). The number of nitrogens with one attached hydrogen (secondary N) is 1. The van der Waals surface area contributed by atoms with Gasteiger partial charge >= 0.3 is 18.2 Å². The standard InChI is InChI=1S/C29H47N3O.C2HF3O2/c33-29(30-28-15-8-3-9-16-28)32(24-27-13-6-2-7-14-27)20-10-19-31-21-17-26(18-22-31)23-25-11-4-1-5-12-25;3-2(4,5)1(6)7/h1,4-5,11-12,26-28H,2-3,6-10,13-24H2,(H,30,33);(H,6,7). The summed E-state index contributed by atoms with van der Waals surface area (Å²) < 4.78 is 31.7. The van der Waals surface area contributed by atoms with Gasteiger partial charge in [0.1, 0.15) is 0 Å². The highest BCUT2D eigenvalue weighted by atomic mass is 19.4. The summed E-state index contributed by atoms with van der Waals surface area (Å²) in [6, 6.07) is 11.6. The molecule has 0 radical (unpaired) electrons. The third-order valence-corrected chi connectivity index (χ3v) is 8.64. The van der Waals surface area contributed by atoms with E-state index in [1.165, 1.54) is 102 Å². The number of nitrogens with zero attached hydrogens (tertiary/aromatic N) is 2. The van der Waals surface area contributed by atoms with Crippen molar-refractivity contribution in [3.05, 3.63) is 35.9 Å². The Morgan fingerprint density at radius 2 is 1.45 bits per heavy atom. The number of benzene rings is 1. The number of likely N-dealkylation sites (tertiary alicyclic amines) is 1. The van der Waals surface area contributed by atoms with E-state index in [-0.39, 0.29) is 6.03 Å². The molecule has 0 atom stereocenters. The Hall–Kier alpha value is -2.29. The van der Waals surface area contributed by atoms with E-state index in [2.05, 4.69) is 45.4 Å². The van der Waals surface area contributed by atoms with Crippen LogP contribution in [0.5, 0.6) is 0 Å². The molecule has 9 heteroatoms. The Balaban J connectivity index is 0.000000559. The topological polar surface area (TPSA) is 72.9 Å². The minimum absolute atomic E-state index is 0.217. The van der Waals surface area contributed by atoms with Gasteiger partial charge in [-0.15, -0.1) is 0 Å². The second-order valence-corrected chi connectivity index (χ2v) is 11.9. The summed E-state index contributed by atoms with van der Waals surface area (Å²) in [5.41, 5.74) is 1.48. The minimum Gasteiger partial charge on any atom is -0.475 e. The average Bonchev–Trinajstić information content (AvgIpc) is 2.95. The van der Waals surface area contributed by atoms with Gasteiger partial charge in [-0.1, -0.05) is 68.9 Å². The number of alkyl halides is 3. The van der Waals surface area contributed by atoms with Crippen LogP contribution in [0.1, 0.15) is 89.0 Å². The monoisotopic (exact) mass is 567 g/mol. The predicted octanol–water partition coefficient (Wildman–Crippen LogP) is 6.89. The molecular formula is C31H48F3N3O3. The van der Waals surface area contributed by atoms with Crippen LogP contribution in [0.4, 0.5) is 18.0 Å². The van der Waals surface area contributed by atoms with Crippen LogP contribution in [0, 0.1) is 11.8 Å². The fraction of sp³-hybridized carbons (Fsp3) is 0.742. The normalized spacial score (nSPS) is 19.9. The van der Waals surface area contributed by atoms with Crippen molar-refractivity contribution in [2.24, 2.45) is 11.8 Å². The molecule has 40 heavy (non-hydrogen) atoms. The van der Waals surface area contributed by atoms with Gasteiger partial charge in [-0.05, 0) is 88.4 Å². The minimum atomic E-state index is -5.08. The number of carboxylic acid groups (broad SMARTS) is 1. The van der Waals surface area contributed by atoms with Crippen molar-refractivity contribution in [1.82, 2.24) is 15.1 Å². The fourth-order valence-corrected chi connectivity index (χ4v) is 6.32. The molecule has 3 aliphatic rings. The molecule has 2 N–H and O–H groups in total. The van der Waals surface area contributed by atoms with Gasteiger partial charge in [0.15, 0.2) is 0 Å². The summed E-state index contributed by atoms with van der Waals surface area (Å²) in [7, 11) is 0. The molecule has 0 unspecified atom stereocenters. The summed E-state index contributed by atoms with van der Waals surface area (Å²) in [6.45, 7) is 5.45. The molecule has 1 heterocycles. The van der Waals surface area contributed by atoms with E-state index in [1.807, 2.05) is 0 Å². The third kappa shape index (κ3) is 12.1. The van der Waals surface area contributed by atoms with Gasteiger partial charge in [0.2, 0.25) is 0 Å². The smallest absolute Gasteiger partial charge is 0.475 e. The summed E-state index contributed by atoms with van der Waals surface area (Å²) in [5.74, 6) is -1.22. The number of carbonyl (C=O) groups is 2. The lowest BCUT2D eigenvalue weighted by molar-refractivity contribution is -0.192. The molecule has 226 valence electrons. The zero-order valence-electron chi connectivity index (χ0n) is 23.8. The van der Waals surface area contributed by atoms with Crippen LogP contribution in [0.3, 0.4) is 0 Å². The van der Waals surface area contributed by atoms with Gasteiger partial charge in [0, 0.05) is 19.1 Å². The first-order valence-corrected chi connectivity index (χ1v) is 15.3. The lowest BCUT2D eigenvalue weighted by atomic mass is 9.89. The number of urea groups is 1. The molecule has 0 spiro atoms. The molecule has 1 aromatic carbocycles. The van der Waals surface area contributed by atoms with E-state index < -0.39 is 12.1 Å². The van der Waals surface area contributed by atoms with Crippen LogP contribution >= 0.6 is 0 Å². The van der Waals surface area contributed by atoms with Gasteiger partial charge in [-0.3, -0.25) is 0 Å². The van der Waals surface area contributed by atoms with Crippen molar-refractivity contribution in [1.29, 1.82) is 0 Å². The first-order chi connectivity index (χ1) is 19.2. The van der Waals surface area contributed by atoms with Crippen molar-refractivity contribution in [3.8, 4) is 0 Å². The van der Waals surface area contributed by atoms with E-state index in [9.17, 15) is 18.0 Å². The number of amides is 2. The molecule has 2 aliphatic carbocycles. The number of hydrogen-bond acceptors (Lipinski definition) is 3. The quantitative estimate of drug-likeness (QED) is 0.341. The summed E-state index contributed by atoms with van der Waals surface area (Å²) >= 11 is 0. The Morgan fingerprint density at radius 1 is 0.875 bits per heavy atom. The van der Waals surface area contributed by atoms with Crippen LogP contribution in [0.15, 0.2) is 30.3 Å². The number of hydrogen-bond donors (Lipinski definition) is 2. The molecule has 1 saturated heterocycles. The number of carboxylic acids is 1. The van der Waals surface area contributed by atoms with Crippen LogP contribution < -0.4 is 5.32 Å². The van der Waals surface area contributed by atoms with Crippen molar-refractivity contribution < 1.29 is 27.9 Å². The molecule has 0 bridgehead atoms. The SMILES string of the molecule is O=C(NC1CCCCC1)N(CCCN1CCC(Cc2ccccc2)CC1)CC1CCCCC1.O=C(O)C(F)(F)F. The molecule has 0 aromatic heterocycles. The maximum absolute atomic E-state index is 13.2. The maximum Gasteiger partial charge on any atom is 0.490 e.